The second kappa shape index (κ2) is 10.4. The second-order valence-corrected chi connectivity index (χ2v) is 7.21. The van der Waals surface area contributed by atoms with Crippen molar-refractivity contribution in [2.75, 3.05) is 36.5 Å². The largest absolute Gasteiger partial charge is 0.452 e. The zero-order valence-corrected chi connectivity index (χ0v) is 17.4. The van der Waals surface area contributed by atoms with Crippen molar-refractivity contribution < 1.29 is 23.9 Å². The summed E-state index contributed by atoms with van der Waals surface area (Å²) in [7, 11) is 1.99. The number of nitrogens with zero attached hydrogens (tertiary/aromatic N) is 2. The van der Waals surface area contributed by atoms with Crippen molar-refractivity contribution in [1.29, 1.82) is 0 Å². The average Bonchev–Trinajstić information content (AvgIpc) is 3.13. The lowest BCUT2D eigenvalue weighted by Gasteiger charge is -2.19. The van der Waals surface area contributed by atoms with E-state index in [1.54, 1.807) is 0 Å². The molecule has 3 amide bonds. The fourth-order valence-electron chi connectivity index (χ4n) is 3.23. The van der Waals surface area contributed by atoms with Crippen molar-refractivity contribution in [1.82, 2.24) is 5.32 Å². The zero-order chi connectivity index (χ0) is 22.2. The van der Waals surface area contributed by atoms with Crippen LogP contribution in [0, 0.1) is 0 Å². The van der Waals surface area contributed by atoms with Gasteiger partial charge in [0.25, 0.3) is 5.91 Å². The van der Waals surface area contributed by atoms with Crippen LogP contribution >= 0.6 is 0 Å². The molecule has 0 atom stereocenters. The summed E-state index contributed by atoms with van der Waals surface area (Å²) in [6.45, 7) is 0.872. The molecule has 1 saturated heterocycles. The number of hydrogen-bond acceptors (Lipinski definition) is 6. The zero-order valence-electron chi connectivity index (χ0n) is 17.4. The Hall–Kier alpha value is -3.68. The van der Waals surface area contributed by atoms with Crippen molar-refractivity contribution in [3.05, 3.63) is 60.2 Å². The highest BCUT2D eigenvalue weighted by atomic mass is 16.5. The summed E-state index contributed by atoms with van der Waals surface area (Å²) in [6, 6.07) is 15.9. The van der Waals surface area contributed by atoms with Gasteiger partial charge in [-0.1, -0.05) is 18.2 Å². The third kappa shape index (κ3) is 5.91. The maximum Gasteiger partial charge on any atom is 0.338 e. The quantitative estimate of drug-likeness (QED) is 0.377. The molecule has 31 heavy (non-hydrogen) atoms. The summed E-state index contributed by atoms with van der Waals surface area (Å²) in [5.41, 5.74) is 1.76. The first-order valence-electron chi connectivity index (χ1n) is 10.1. The minimum Gasteiger partial charge on any atom is -0.452 e. The van der Waals surface area contributed by atoms with Crippen molar-refractivity contribution in [2.24, 2.45) is 0 Å². The number of carbonyl (C=O) groups excluding carboxylic acids is 4. The monoisotopic (exact) mass is 423 g/mol. The number of esters is 1. The number of amides is 3. The molecule has 3 rings (SSSR count). The maximum atomic E-state index is 12.1. The number of nitrogens with one attached hydrogen (secondary N) is 1. The van der Waals surface area contributed by atoms with Crippen LogP contribution < -0.4 is 15.1 Å². The van der Waals surface area contributed by atoms with Gasteiger partial charge in [-0.15, -0.1) is 0 Å². The smallest absolute Gasteiger partial charge is 0.338 e. The van der Waals surface area contributed by atoms with E-state index in [0.717, 1.165) is 23.6 Å². The van der Waals surface area contributed by atoms with Gasteiger partial charge in [-0.05, 0) is 42.8 Å². The molecule has 0 saturated carbocycles. The molecule has 2 aromatic carbocycles. The third-order valence-corrected chi connectivity index (χ3v) is 4.94. The van der Waals surface area contributed by atoms with Crippen LogP contribution in [0.15, 0.2) is 54.6 Å². The number of hydrogen-bond donors (Lipinski definition) is 1. The Labute approximate surface area is 180 Å². The predicted molar refractivity (Wildman–Crippen MR) is 116 cm³/mol. The molecule has 1 aliphatic heterocycles. The van der Waals surface area contributed by atoms with Gasteiger partial charge in [0, 0.05) is 38.7 Å². The summed E-state index contributed by atoms with van der Waals surface area (Å²) in [4.78, 5) is 50.8. The molecule has 0 aromatic heterocycles. The Bertz CT molecular complexity index is 927. The number of para-hydroxylation sites is 1. The number of imide groups is 1. The van der Waals surface area contributed by atoms with Crippen LogP contribution in [0.25, 0.3) is 0 Å². The number of carbonyl (C=O) groups is 4. The van der Waals surface area contributed by atoms with Gasteiger partial charge in [0.15, 0.2) is 6.61 Å². The highest BCUT2D eigenvalue weighted by molar-refractivity contribution is 6.19. The number of benzene rings is 2. The lowest BCUT2D eigenvalue weighted by molar-refractivity contribution is -0.124. The molecule has 0 spiro atoms. The average molecular weight is 423 g/mol. The molecule has 1 heterocycles. The van der Waals surface area contributed by atoms with Crippen LogP contribution in [-0.4, -0.2) is 50.4 Å². The Morgan fingerprint density at radius 2 is 1.65 bits per heavy atom. The van der Waals surface area contributed by atoms with Gasteiger partial charge in [-0.3, -0.25) is 19.3 Å². The highest BCUT2D eigenvalue weighted by Gasteiger charge is 2.30. The molecule has 1 N–H and O–H groups in total. The number of anilines is 2. The van der Waals surface area contributed by atoms with E-state index in [0.29, 0.717) is 12.2 Å². The summed E-state index contributed by atoms with van der Waals surface area (Å²) in [5.74, 6) is -1.54. The summed E-state index contributed by atoms with van der Waals surface area (Å²) in [5, 5.41) is 2.73. The minimum atomic E-state index is -0.649. The van der Waals surface area contributed by atoms with E-state index in [1.165, 1.54) is 24.3 Å². The molecular formula is C23H25N3O5. The van der Waals surface area contributed by atoms with Gasteiger partial charge in [0.05, 0.1) is 11.3 Å². The van der Waals surface area contributed by atoms with Crippen LogP contribution in [0.3, 0.4) is 0 Å². The number of rotatable bonds is 9. The standard InChI is InChI=1S/C23H25N3O5/c1-25(18-6-3-2-4-7-18)15-5-14-24-20(27)16-31-23(30)17-8-10-19(11-9-17)26-21(28)12-13-22(26)29/h2-4,6-11H,5,12-16H2,1H3,(H,24,27). The van der Waals surface area contributed by atoms with Crippen LogP contribution in [0.2, 0.25) is 0 Å². The molecule has 1 aliphatic rings. The summed E-state index contributed by atoms with van der Waals surface area (Å²) < 4.78 is 5.04. The van der Waals surface area contributed by atoms with Crippen molar-refractivity contribution in [3.63, 3.8) is 0 Å². The fraction of sp³-hybridized carbons (Fsp3) is 0.304. The Kier molecular flexibility index (Phi) is 7.37. The predicted octanol–water partition coefficient (Wildman–Crippen LogP) is 2.14. The molecule has 0 unspecified atom stereocenters. The highest BCUT2D eigenvalue weighted by Crippen LogP contribution is 2.23. The van der Waals surface area contributed by atoms with Crippen LogP contribution in [0.1, 0.15) is 29.6 Å². The van der Waals surface area contributed by atoms with Crippen molar-refractivity contribution in [2.45, 2.75) is 19.3 Å². The van der Waals surface area contributed by atoms with Gasteiger partial charge in [0.1, 0.15) is 0 Å². The van der Waals surface area contributed by atoms with E-state index < -0.39 is 5.97 Å². The molecule has 8 heteroatoms. The van der Waals surface area contributed by atoms with Gasteiger partial charge in [-0.25, -0.2) is 4.79 Å². The molecule has 2 aromatic rings. The van der Waals surface area contributed by atoms with E-state index in [-0.39, 0.29) is 42.7 Å². The van der Waals surface area contributed by atoms with Crippen molar-refractivity contribution >= 4 is 35.1 Å². The fourth-order valence-corrected chi connectivity index (χ4v) is 3.23. The summed E-state index contributed by atoms with van der Waals surface area (Å²) >= 11 is 0. The molecule has 1 fully saturated rings. The minimum absolute atomic E-state index is 0.195. The lowest BCUT2D eigenvalue weighted by atomic mass is 10.2. The third-order valence-electron chi connectivity index (χ3n) is 4.94. The second-order valence-electron chi connectivity index (χ2n) is 7.21. The first-order valence-corrected chi connectivity index (χ1v) is 10.1. The Morgan fingerprint density at radius 3 is 2.29 bits per heavy atom. The summed E-state index contributed by atoms with van der Waals surface area (Å²) in [6.07, 6.45) is 1.14. The molecule has 0 aliphatic carbocycles. The van der Waals surface area contributed by atoms with E-state index in [4.69, 9.17) is 4.74 Å². The first kappa shape index (κ1) is 22.0. The normalized spacial score (nSPS) is 13.3. The lowest BCUT2D eigenvalue weighted by Crippen LogP contribution is -2.31. The van der Waals surface area contributed by atoms with E-state index in [1.807, 2.05) is 37.4 Å². The molecule has 0 bridgehead atoms. The first-order chi connectivity index (χ1) is 15.0. The number of ether oxygens (including phenoxy) is 1. The van der Waals surface area contributed by atoms with Gasteiger partial charge in [-0.2, -0.15) is 0 Å². The van der Waals surface area contributed by atoms with E-state index >= 15 is 0 Å². The molecule has 162 valence electrons. The molecule has 0 radical (unpaired) electrons. The molecular weight excluding hydrogens is 398 g/mol. The Balaban J connectivity index is 1.37. The van der Waals surface area contributed by atoms with E-state index in [2.05, 4.69) is 10.2 Å². The van der Waals surface area contributed by atoms with Crippen molar-refractivity contribution in [3.8, 4) is 0 Å². The van der Waals surface area contributed by atoms with Crippen LogP contribution in [0.5, 0.6) is 0 Å². The Morgan fingerprint density at radius 1 is 1.00 bits per heavy atom. The SMILES string of the molecule is CN(CCCNC(=O)COC(=O)c1ccc(N2C(=O)CCC2=O)cc1)c1ccccc1. The van der Waals surface area contributed by atoms with E-state index in [9.17, 15) is 19.2 Å². The van der Waals surface area contributed by atoms with Crippen LogP contribution in [0.4, 0.5) is 11.4 Å². The maximum absolute atomic E-state index is 12.1. The van der Waals surface area contributed by atoms with Gasteiger partial charge >= 0.3 is 5.97 Å². The van der Waals surface area contributed by atoms with Gasteiger partial charge in [0.2, 0.25) is 11.8 Å². The van der Waals surface area contributed by atoms with Gasteiger partial charge < -0.3 is 15.0 Å². The topological polar surface area (TPSA) is 96.0 Å². The van der Waals surface area contributed by atoms with Crippen LogP contribution in [-0.2, 0) is 19.1 Å². The molecule has 8 nitrogen and oxygen atoms in total.